The molecule has 1 aromatic carbocycles. The van der Waals surface area contributed by atoms with Gasteiger partial charge in [0.15, 0.2) is 0 Å². The number of carbonyl (C=O) groups excluding carboxylic acids is 8. The van der Waals surface area contributed by atoms with E-state index in [-0.39, 0.29) is 32.2 Å². The second kappa shape index (κ2) is 19.5. The lowest BCUT2D eigenvalue weighted by atomic mass is 10.0. The fourth-order valence-corrected chi connectivity index (χ4v) is 4.71. The summed E-state index contributed by atoms with van der Waals surface area (Å²) in [6.45, 7) is 3.93. The van der Waals surface area contributed by atoms with E-state index in [0.29, 0.717) is 18.4 Å². The maximum Gasteiger partial charge on any atom is 0.243 e. The van der Waals surface area contributed by atoms with Gasteiger partial charge in [-0.1, -0.05) is 49.6 Å². The van der Waals surface area contributed by atoms with E-state index in [1.165, 1.54) is 6.92 Å². The van der Waals surface area contributed by atoms with Crippen LogP contribution in [0.5, 0.6) is 0 Å². The van der Waals surface area contributed by atoms with Crippen molar-refractivity contribution in [1.82, 2.24) is 37.2 Å². The fraction of sp³-hybridized carbons (Fsp3) is 0.548. The highest BCUT2D eigenvalue weighted by Gasteiger charge is 2.28. The van der Waals surface area contributed by atoms with Crippen LogP contribution in [0.2, 0.25) is 0 Å². The third kappa shape index (κ3) is 14.3. The first kappa shape index (κ1) is 38.2. The molecule has 0 radical (unpaired) electrons. The van der Waals surface area contributed by atoms with Crippen molar-refractivity contribution < 1.29 is 38.4 Å². The molecule has 0 bridgehead atoms. The molecule has 1 saturated heterocycles. The molecule has 16 nitrogen and oxygen atoms in total. The van der Waals surface area contributed by atoms with Gasteiger partial charge in [0.25, 0.3) is 0 Å². The molecule has 9 N–H and O–H groups in total. The largest absolute Gasteiger partial charge is 0.368 e. The molecule has 1 aliphatic rings. The first-order chi connectivity index (χ1) is 22.3. The minimum absolute atomic E-state index is 0.0522. The SMILES string of the molecule is CCCC[C@H](NC(C)=O)C(=O)NC1CCC(=O)NCCC(C(N)=O)NC(=O)CNC(=O)C(Cc2ccc(C)cc2)NC(=O)CNC1=O. The fourth-order valence-electron chi connectivity index (χ4n) is 4.71. The molecule has 8 amide bonds. The molecule has 3 unspecified atom stereocenters. The van der Waals surface area contributed by atoms with Gasteiger partial charge in [0.05, 0.1) is 13.1 Å². The van der Waals surface area contributed by atoms with Gasteiger partial charge in [-0.05, 0) is 31.7 Å². The van der Waals surface area contributed by atoms with Crippen molar-refractivity contribution >= 4 is 47.3 Å². The Hall–Kier alpha value is -5.02. The third-order valence-corrected chi connectivity index (χ3v) is 7.33. The predicted molar refractivity (Wildman–Crippen MR) is 170 cm³/mol. The predicted octanol–water partition coefficient (Wildman–Crippen LogP) is -2.30. The number of hydrogen-bond donors (Lipinski definition) is 8. The highest BCUT2D eigenvalue weighted by atomic mass is 16.2. The number of rotatable bonds is 9. The smallest absolute Gasteiger partial charge is 0.243 e. The highest BCUT2D eigenvalue weighted by Crippen LogP contribution is 2.08. The molecular weight excluding hydrogens is 612 g/mol. The number of primary amides is 1. The van der Waals surface area contributed by atoms with Crippen LogP contribution >= 0.6 is 0 Å². The molecule has 47 heavy (non-hydrogen) atoms. The number of nitrogens with two attached hydrogens (primary N) is 1. The normalized spacial score (nSPS) is 21.2. The van der Waals surface area contributed by atoms with Crippen LogP contribution < -0.4 is 43.0 Å². The van der Waals surface area contributed by atoms with Gasteiger partial charge in [0, 0.05) is 26.3 Å². The van der Waals surface area contributed by atoms with Crippen LogP contribution in [0.15, 0.2) is 24.3 Å². The number of unbranched alkanes of at least 4 members (excludes halogenated alkanes) is 1. The van der Waals surface area contributed by atoms with Crippen LogP contribution in [0.4, 0.5) is 0 Å². The van der Waals surface area contributed by atoms with Gasteiger partial charge in [-0.3, -0.25) is 38.4 Å². The van der Waals surface area contributed by atoms with Gasteiger partial charge in [-0.2, -0.15) is 0 Å². The molecule has 4 atom stereocenters. The lowest BCUT2D eigenvalue weighted by molar-refractivity contribution is -0.133. The van der Waals surface area contributed by atoms with Crippen LogP contribution in [-0.2, 0) is 44.8 Å². The summed E-state index contributed by atoms with van der Waals surface area (Å²) in [5.41, 5.74) is 7.12. The van der Waals surface area contributed by atoms with E-state index in [9.17, 15) is 38.4 Å². The van der Waals surface area contributed by atoms with E-state index in [1.54, 1.807) is 12.1 Å². The molecule has 16 heteroatoms. The molecule has 0 spiro atoms. The number of nitrogens with one attached hydrogen (secondary N) is 7. The highest BCUT2D eigenvalue weighted by molar-refractivity contribution is 5.95. The van der Waals surface area contributed by atoms with E-state index >= 15 is 0 Å². The van der Waals surface area contributed by atoms with Crippen LogP contribution in [0.25, 0.3) is 0 Å². The molecule has 1 aliphatic heterocycles. The van der Waals surface area contributed by atoms with E-state index in [1.807, 2.05) is 26.0 Å². The van der Waals surface area contributed by atoms with Crippen molar-refractivity contribution in [1.29, 1.82) is 0 Å². The Bertz CT molecular complexity index is 1300. The second-order valence-electron chi connectivity index (χ2n) is 11.4. The van der Waals surface area contributed by atoms with Gasteiger partial charge in [0.1, 0.15) is 24.2 Å². The lowest BCUT2D eigenvalue weighted by Crippen LogP contribution is -2.55. The summed E-state index contributed by atoms with van der Waals surface area (Å²) in [6.07, 6.45) is 1.32. The molecule has 258 valence electrons. The van der Waals surface area contributed by atoms with E-state index in [0.717, 1.165) is 12.0 Å². The number of aryl methyl sites for hydroxylation is 1. The van der Waals surface area contributed by atoms with Gasteiger partial charge >= 0.3 is 0 Å². The zero-order valence-corrected chi connectivity index (χ0v) is 27.0. The first-order valence-electron chi connectivity index (χ1n) is 15.6. The van der Waals surface area contributed by atoms with Crippen LogP contribution in [0.3, 0.4) is 0 Å². The van der Waals surface area contributed by atoms with Crippen LogP contribution in [-0.4, -0.2) is 91.1 Å². The molecule has 2 rings (SSSR count). The molecule has 1 heterocycles. The Morgan fingerprint density at radius 1 is 0.894 bits per heavy atom. The quantitative estimate of drug-likeness (QED) is 0.143. The lowest BCUT2D eigenvalue weighted by Gasteiger charge is -2.23. The monoisotopic (exact) mass is 658 g/mol. The maximum atomic E-state index is 13.2. The van der Waals surface area contributed by atoms with E-state index < -0.39 is 84.5 Å². The summed E-state index contributed by atoms with van der Waals surface area (Å²) >= 11 is 0. The summed E-state index contributed by atoms with van der Waals surface area (Å²) in [7, 11) is 0. The Balaban J connectivity index is 2.30. The van der Waals surface area contributed by atoms with Crippen molar-refractivity contribution in [2.45, 2.75) is 89.9 Å². The molecule has 0 aliphatic carbocycles. The summed E-state index contributed by atoms with van der Waals surface area (Å²) in [5, 5.41) is 17.6. The molecule has 0 saturated carbocycles. The number of carbonyl (C=O) groups is 8. The zero-order chi connectivity index (χ0) is 34.9. The van der Waals surface area contributed by atoms with Crippen molar-refractivity contribution in [3.63, 3.8) is 0 Å². The molecule has 0 aromatic heterocycles. The second-order valence-corrected chi connectivity index (χ2v) is 11.4. The number of hydrogen-bond acceptors (Lipinski definition) is 8. The molecular formula is C31H46N8O8. The van der Waals surface area contributed by atoms with Crippen LogP contribution in [0, 0.1) is 6.92 Å². The van der Waals surface area contributed by atoms with Crippen molar-refractivity contribution in [2.75, 3.05) is 19.6 Å². The van der Waals surface area contributed by atoms with E-state index in [2.05, 4.69) is 37.2 Å². The van der Waals surface area contributed by atoms with Gasteiger partial charge in [0.2, 0.25) is 47.3 Å². The Labute approximate surface area is 273 Å². The molecule has 1 aromatic rings. The van der Waals surface area contributed by atoms with Crippen molar-refractivity contribution in [3.05, 3.63) is 35.4 Å². The van der Waals surface area contributed by atoms with Gasteiger partial charge in [-0.25, -0.2) is 0 Å². The summed E-state index contributed by atoms with van der Waals surface area (Å²) in [5.74, 6) is -5.34. The Morgan fingerprint density at radius 3 is 2.15 bits per heavy atom. The average Bonchev–Trinajstić information content (AvgIpc) is 3.02. The summed E-state index contributed by atoms with van der Waals surface area (Å²) < 4.78 is 0. The van der Waals surface area contributed by atoms with E-state index in [4.69, 9.17) is 5.73 Å². The van der Waals surface area contributed by atoms with Crippen molar-refractivity contribution in [3.8, 4) is 0 Å². The minimum Gasteiger partial charge on any atom is -0.368 e. The van der Waals surface area contributed by atoms with Gasteiger partial charge < -0.3 is 43.0 Å². The van der Waals surface area contributed by atoms with Crippen LogP contribution in [0.1, 0.15) is 63.5 Å². The topological polar surface area (TPSA) is 247 Å². The van der Waals surface area contributed by atoms with Gasteiger partial charge in [-0.15, -0.1) is 0 Å². The zero-order valence-electron chi connectivity index (χ0n) is 27.0. The number of amides is 8. The Kier molecular flexibility index (Phi) is 15.8. The standard InChI is InChI=1S/C31H46N8O8/c1-4-5-6-22(36-19(3)40)31(47)39-23-11-12-25(41)33-14-13-21(28(32)44)37-26(42)16-35-30(46)24(38-27(43)17-34-29(23)45)15-20-9-7-18(2)8-10-20/h7-10,21-24H,4-6,11-17H2,1-3H3,(H2,32,44)(H,33,41)(H,34,45)(H,35,46)(H,36,40)(H,37,42)(H,38,43)(H,39,47)/t21?,22-,23?,24?/m0/s1. The minimum atomic E-state index is -1.26. The van der Waals surface area contributed by atoms with Crippen molar-refractivity contribution in [2.24, 2.45) is 5.73 Å². The maximum absolute atomic E-state index is 13.2. The number of benzene rings is 1. The molecule has 1 fully saturated rings. The summed E-state index contributed by atoms with van der Waals surface area (Å²) in [4.78, 5) is 101. The summed E-state index contributed by atoms with van der Waals surface area (Å²) in [6, 6.07) is 2.77. The third-order valence-electron chi connectivity index (χ3n) is 7.33. The first-order valence-corrected chi connectivity index (χ1v) is 15.6. The Morgan fingerprint density at radius 2 is 1.53 bits per heavy atom. The average molecular weight is 659 g/mol.